The van der Waals surface area contributed by atoms with Crippen LogP contribution in [0, 0.1) is 0 Å². The number of anilines is 1. The molecule has 1 fully saturated rings. The number of carbonyl (C=O) groups is 1. The molecular formula is C26H26N4O3. The summed E-state index contributed by atoms with van der Waals surface area (Å²) in [5.41, 5.74) is 5.53. The second-order valence-corrected chi connectivity index (χ2v) is 9.02. The molecule has 2 aromatic heterocycles. The van der Waals surface area contributed by atoms with Gasteiger partial charge in [0.15, 0.2) is 12.2 Å². The third kappa shape index (κ3) is 3.57. The minimum Gasteiger partial charge on any atom is -0.483 e. The number of hydrogen-bond acceptors (Lipinski definition) is 5. The first-order valence-corrected chi connectivity index (χ1v) is 11.6. The summed E-state index contributed by atoms with van der Waals surface area (Å²) in [5.74, 6) is 1.35. The summed E-state index contributed by atoms with van der Waals surface area (Å²) in [6.07, 6.45) is 8.08. The van der Waals surface area contributed by atoms with E-state index in [1.807, 2.05) is 52.2 Å². The summed E-state index contributed by atoms with van der Waals surface area (Å²) in [6, 6.07) is 12.5. The van der Waals surface area contributed by atoms with Gasteiger partial charge in [-0.15, -0.1) is 0 Å². The van der Waals surface area contributed by atoms with E-state index in [0.717, 1.165) is 52.1 Å². The maximum absolute atomic E-state index is 12.4. The van der Waals surface area contributed by atoms with Gasteiger partial charge in [0.1, 0.15) is 11.3 Å². The molecule has 2 aliphatic rings. The molecule has 0 N–H and O–H groups in total. The van der Waals surface area contributed by atoms with Gasteiger partial charge in [0.25, 0.3) is 0 Å². The van der Waals surface area contributed by atoms with Gasteiger partial charge in [-0.1, -0.05) is 12.1 Å². The van der Waals surface area contributed by atoms with Gasteiger partial charge >= 0.3 is 0 Å². The lowest BCUT2D eigenvalue weighted by Crippen LogP contribution is -2.40. The van der Waals surface area contributed by atoms with Gasteiger partial charge in [0, 0.05) is 35.9 Å². The smallest absolute Gasteiger partial charge is 0.233 e. The van der Waals surface area contributed by atoms with Gasteiger partial charge in [0.2, 0.25) is 11.8 Å². The zero-order chi connectivity index (χ0) is 22.5. The molecule has 6 rings (SSSR count). The van der Waals surface area contributed by atoms with Crippen LogP contribution < -0.4 is 9.64 Å². The molecule has 2 aromatic carbocycles. The SMILES string of the molecule is CC(=O)N1c2ccc(-c3cnn(C4CC4)c3)c(OCc3nc4ccccc4o3)c2CC[C@@H]1C. The molecule has 1 aliphatic heterocycles. The molecule has 7 nitrogen and oxygen atoms in total. The summed E-state index contributed by atoms with van der Waals surface area (Å²) in [5, 5.41) is 4.58. The van der Waals surface area contributed by atoms with Crippen LogP contribution in [0.25, 0.3) is 22.2 Å². The molecular weight excluding hydrogens is 416 g/mol. The summed E-state index contributed by atoms with van der Waals surface area (Å²) in [7, 11) is 0. The number of fused-ring (bicyclic) bond motifs is 2. The van der Waals surface area contributed by atoms with Crippen LogP contribution in [0.5, 0.6) is 5.75 Å². The molecule has 1 saturated carbocycles. The van der Waals surface area contributed by atoms with Crippen molar-refractivity contribution >= 4 is 22.7 Å². The fourth-order valence-corrected chi connectivity index (χ4v) is 4.81. The average Bonchev–Trinajstić information content (AvgIpc) is 3.39. The van der Waals surface area contributed by atoms with Crippen molar-refractivity contribution in [1.29, 1.82) is 0 Å². The van der Waals surface area contributed by atoms with E-state index in [9.17, 15) is 4.79 Å². The summed E-state index contributed by atoms with van der Waals surface area (Å²) < 4.78 is 14.4. The van der Waals surface area contributed by atoms with Crippen molar-refractivity contribution in [2.75, 3.05) is 4.90 Å². The fourth-order valence-electron chi connectivity index (χ4n) is 4.81. The van der Waals surface area contributed by atoms with E-state index < -0.39 is 0 Å². The Morgan fingerprint density at radius 2 is 2.03 bits per heavy atom. The summed E-state index contributed by atoms with van der Waals surface area (Å²) in [6.45, 7) is 3.93. The first kappa shape index (κ1) is 20.0. The first-order chi connectivity index (χ1) is 16.1. The van der Waals surface area contributed by atoms with Crippen molar-refractivity contribution < 1.29 is 13.9 Å². The highest BCUT2D eigenvalue weighted by Gasteiger charge is 2.31. The number of rotatable bonds is 5. The third-order valence-corrected chi connectivity index (χ3v) is 6.60. The lowest BCUT2D eigenvalue weighted by Gasteiger charge is -2.35. The molecule has 168 valence electrons. The molecule has 0 radical (unpaired) electrons. The van der Waals surface area contributed by atoms with Crippen LogP contribution in [0.1, 0.15) is 50.6 Å². The van der Waals surface area contributed by atoms with Crippen LogP contribution in [0.2, 0.25) is 0 Å². The van der Waals surface area contributed by atoms with Crippen molar-refractivity contribution in [1.82, 2.24) is 14.8 Å². The lowest BCUT2D eigenvalue weighted by molar-refractivity contribution is -0.117. The van der Waals surface area contributed by atoms with Crippen LogP contribution in [-0.2, 0) is 17.8 Å². The second-order valence-electron chi connectivity index (χ2n) is 9.02. The highest BCUT2D eigenvalue weighted by atomic mass is 16.5. The predicted octanol–water partition coefficient (Wildman–Crippen LogP) is 5.29. The van der Waals surface area contributed by atoms with Gasteiger partial charge in [0.05, 0.1) is 17.9 Å². The van der Waals surface area contributed by atoms with Gasteiger partial charge in [-0.2, -0.15) is 5.10 Å². The number of hydrogen-bond donors (Lipinski definition) is 0. The van der Waals surface area contributed by atoms with Crippen LogP contribution in [-0.4, -0.2) is 26.7 Å². The lowest BCUT2D eigenvalue weighted by atomic mass is 9.92. The molecule has 0 bridgehead atoms. The maximum Gasteiger partial charge on any atom is 0.233 e. The highest BCUT2D eigenvalue weighted by molar-refractivity contribution is 5.95. The maximum atomic E-state index is 12.4. The number of amides is 1. The van der Waals surface area contributed by atoms with E-state index in [0.29, 0.717) is 11.9 Å². The van der Waals surface area contributed by atoms with Crippen LogP contribution in [0.3, 0.4) is 0 Å². The van der Waals surface area contributed by atoms with E-state index in [1.165, 1.54) is 12.8 Å². The minimum absolute atomic E-state index is 0.0441. The zero-order valence-corrected chi connectivity index (χ0v) is 18.8. The number of nitrogens with zero attached hydrogens (tertiary/aromatic N) is 4. The Bertz CT molecular complexity index is 1320. The number of benzene rings is 2. The van der Waals surface area contributed by atoms with Crippen molar-refractivity contribution in [3.8, 4) is 16.9 Å². The fraction of sp³-hybridized carbons (Fsp3) is 0.346. The Morgan fingerprint density at radius 1 is 1.18 bits per heavy atom. The highest BCUT2D eigenvalue weighted by Crippen LogP contribution is 2.44. The van der Waals surface area contributed by atoms with Crippen LogP contribution >= 0.6 is 0 Å². The Kier molecular flexibility index (Phi) is 4.71. The third-order valence-electron chi connectivity index (χ3n) is 6.60. The Labute approximate surface area is 192 Å². The number of para-hydroxylation sites is 2. The second kappa shape index (κ2) is 7.76. The van der Waals surface area contributed by atoms with E-state index in [1.54, 1.807) is 6.92 Å². The molecule has 1 amide bonds. The molecule has 3 heterocycles. The van der Waals surface area contributed by atoms with Crippen molar-refractivity contribution in [2.24, 2.45) is 0 Å². The Balaban J connectivity index is 1.41. The molecule has 4 aromatic rings. The van der Waals surface area contributed by atoms with Crippen LogP contribution in [0.15, 0.2) is 53.2 Å². The first-order valence-electron chi connectivity index (χ1n) is 11.6. The van der Waals surface area contributed by atoms with Gasteiger partial charge in [-0.3, -0.25) is 9.48 Å². The van der Waals surface area contributed by atoms with E-state index in [4.69, 9.17) is 9.15 Å². The standard InChI is InChI=1S/C26H26N4O3/c1-16-7-10-21-23(30(16)17(2)31)12-11-20(18-13-27-29(14-18)19-8-9-19)26(21)32-15-25-28-22-5-3-4-6-24(22)33-25/h3-6,11-14,16,19H,7-10,15H2,1-2H3/t16-/m0/s1. The van der Waals surface area contributed by atoms with Gasteiger partial charge < -0.3 is 14.1 Å². The van der Waals surface area contributed by atoms with Crippen molar-refractivity contribution in [3.05, 3.63) is 60.2 Å². The molecule has 0 spiro atoms. The minimum atomic E-state index is 0.0441. The largest absolute Gasteiger partial charge is 0.483 e. The van der Waals surface area contributed by atoms with E-state index in [2.05, 4.69) is 23.2 Å². The van der Waals surface area contributed by atoms with Gasteiger partial charge in [-0.05, 0) is 56.9 Å². The summed E-state index contributed by atoms with van der Waals surface area (Å²) in [4.78, 5) is 18.9. The quantitative estimate of drug-likeness (QED) is 0.420. The topological polar surface area (TPSA) is 73.4 Å². The van der Waals surface area contributed by atoms with Crippen molar-refractivity contribution in [2.45, 2.75) is 58.2 Å². The molecule has 33 heavy (non-hydrogen) atoms. The molecule has 0 saturated heterocycles. The van der Waals surface area contributed by atoms with E-state index in [-0.39, 0.29) is 18.6 Å². The van der Waals surface area contributed by atoms with Crippen LogP contribution in [0.4, 0.5) is 5.69 Å². The normalized spacial score (nSPS) is 17.9. The molecule has 1 atom stereocenters. The van der Waals surface area contributed by atoms with Gasteiger partial charge in [-0.25, -0.2) is 4.98 Å². The monoisotopic (exact) mass is 442 g/mol. The predicted molar refractivity (Wildman–Crippen MR) is 125 cm³/mol. The number of carbonyl (C=O) groups excluding carboxylic acids is 1. The Morgan fingerprint density at radius 3 is 2.82 bits per heavy atom. The molecule has 0 unspecified atom stereocenters. The Hall–Kier alpha value is -3.61. The molecule has 1 aliphatic carbocycles. The zero-order valence-electron chi connectivity index (χ0n) is 18.8. The van der Waals surface area contributed by atoms with Crippen molar-refractivity contribution in [3.63, 3.8) is 0 Å². The van der Waals surface area contributed by atoms with E-state index >= 15 is 0 Å². The average molecular weight is 443 g/mol. The number of aromatic nitrogens is 3. The molecule has 7 heteroatoms. The number of oxazole rings is 1. The number of ether oxygens (including phenoxy) is 1. The summed E-state index contributed by atoms with van der Waals surface area (Å²) >= 11 is 0.